The SMILES string of the molecule is CCC(CCCC(CC)C1CC(=O)OC1=O)C1CC(=O)OC1=O. The third-order valence-corrected chi connectivity index (χ3v) is 5.14. The summed E-state index contributed by atoms with van der Waals surface area (Å²) in [5, 5.41) is 0. The smallest absolute Gasteiger partial charge is 0.317 e. The van der Waals surface area contributed by atoms with Crippen LogP contribution in [0.15, 0.2) is 0 Å². The van der Waals surface area contributed by atoms with Crippen molar-refractivity contribution in [3.05, 3.63) is 0 Å². The molecule has 2 fully saturated rings. The third-order valence-electron chi connectivity index (χ3n) is 5.14. The van der Waals surface area contributed by atoms with Gasteiger partial charge in [-0.05, 0) is 24.7 Å². The van der Waals surface area contributed by atoms with Gasteiger partial charge < -0.3 is 9.47 Å². The molecule has 0 bridgehead atoms. The van der Waals surface area contributed by atoms with Crippen LogP contribution < -0.4 is 0 Å². The highest BCUT2D eigenvalue weighted by Crippen LogP contribution is 2.34. The van der Waals surface area contributed by atoms with Gasteiger partial charge in [0.25, 0.3) is 0 Å². The first-order chi connectivity index (χ1) is 11.0. The van der Waals surface area contributed by atoms with E-state index in [1.165, 1.54) is 0 Å². The van der Waals surface area contributed by atoms with Crippen molar-refractivity contribution in [3.8, 4) is 0 Å². The molecule has 0 spiro atoms. The molecule has 2 aliphatic heterocycles. The summed E-state index contributed by atoms with van der Waals surface area (Å²) in [6, 6.07) is 0. The molecule has 6 nitrogen and oxygen atoms in total. The molecule has 2 heterocycles. The van der Waals surface area contributed by atoms with Crippen molar-refractivity contribution in [3.63, 3.8) is 0 Å². The Labute approximate surface area is 135 Å². The predicted octanol–water partition coefficient (Wildman–Crippen LogP) is 2.39. The fourth-order valence-corrected chi connectivity index (χ4v) is 3.72. The Morgan fingerprint density at radius 3 is 1.48 bits per heavy atom. The summed E-state index contributed by atoms with van der Waals surface area (Å²) in [4.78, 5) is 45.8. The van der Waals surface area contributed by atoms with Gasteiger partial charge in [0.15, 0.2) is 0 Å². The maximum absolute atomic E-state index is 11.7. The first kappa shape index (κ1) is 17.6. The number of esters is 4. The molecule has 2 saturated heterocycles. The molecule has 4 unspecified atom stereocenters. The minimum Gasteiger partial charge on any atom is -0.393 e. The molecular formula is C17H24O6. The van der Waals surface area contributed by atoms with Gasteiger partial charge in [-0.3, -0.25) is 19.2 Å². The van der Waals surface area contributed by atoms with Crippen molar-refractivity contribution in [2.24, 2.45) is 23.7 Å². The zero-order valence-electron chi connectivity index (χ0n) is 13.7. The van der Waals surface area contributed by atoms with Gasteiger partial charge in [-0.15, -0.1) is 0 Å². The van der Waals surface area contributed by atoms with E-state index in [4.69, 9.17) is 0 Å². The van der Waals surface area contributed by atoms with Crippen LogP contribution in [-0.4, -0.2) is 23.9 Å². The number of carbonyl (C=O) groups excluding carboxylic acids is 4. The molecule has 0 aromatic rings. The molecule has 0 aliphatic carbocycles. The summed E-state index contributed by atoms with van der Waals surface area (Å²) in [6.07, 6.45) is 4.47. The lowest BCUT2D eigenvalue weighted by Gasteiger charge is -2.22. The molecule has 0 saturated carbocycles. The second-order valence-electron chi connectivity index (χ2n) is 6.48. The fraction of sp³-hybridized carbons (Fsp3) is 0.765. The highest BCUT2D eigenvalue weighted by Gasteiger charge is 2.40. The Kier molecular flexibility index (Phi) is 5.91. The molecular weight excluding hydrogens is 300 g/mol. The Hall–Kier alpha value is -1.72. The average molecular weight is 324 g/mol. The Balaban J connectivity index is 1.84. The number of hydrogen-bond donors (Lipinski definition) is 0. The van der Waals surface area contributed by atoms with E-state index in [2.05, 4.69) is 9.47 Å². The van der Waals surface area contributed by atoms with Crippen molar-refractivity contribution in [1.82, 2.24) is 0 Å². The van der Waals surface area contributed by atoms with Crippen LogP contribution in [0.3, 0.4) is 0 Å². The van der Waals surface area contributed by atoms with Crippen molar-refractivity contribution in [1.29, 1.82) is 0 Å². The predicted molar refractivity (Wildman–Crippen MR) is 79.8 cm³/mol. The van der Waals surface area contributed by atoms with Crippen LogP contribution in [0.2, 0.25) is 0 Å². The summed E-state index contributed by atoms with van der Waals surface area (Å²) in [5.74, 6) is -2.07. The fourth-order valence-electron chi connectivity index (χ4n) is 3.72. The van der Waals surface area contributed by atoms with Gasteiger partial charge in [0, 0.05) is 0 Å². The highest BCUT2D eigenvalue weighted by atomic mass is 16.6. The molecule has 6 heteroatoms. The van der Waals surface area contributed by atoms with E-state index < -0.39 is 23.9 Å². The Bertz CT molecular complexity index is 453. The second-order valence-corrected chi connectivity index (χ2v) is 6.48. The highest BCUT2D eigenvalue weighted by molar-refractivity contribution is 5.95. The standard InChI is InChI=1S/C17H24O6/c1-3-10(12-8-14(18)22-16(12)20)6-5-7-11(4-2)13-9-15(19)23-17(13)21/h10-13H,3-9H2,1-2H3. The lowest BCUT2D eigenvalue weighted by atomic mass is 9.81. The molecule has 0 radical (unpaired) electrons. The minimum atomic E-state index is -0.433. The normalized spacial score (nSPS) is 27.0. The summed E-state index contributed by atoms with van der Waals surface area (Å²) >= 11 is 0. The number of ether oxygens (including phenoxy) is 2. The lowest BCUT2D eigenvalue weighted by Crippen LogP contribution is -2.21. The van der Waals surface area contributed by atoms with E-state index in [9.17, 15) is 19.2 Å². The number of rotatable bonds is 8. The van der Waals surface area contributed by atoms with Gasteiger partial charge in [0.2, 0.25) is 0 Å². The second kappa shape index (κ2) is 7.70. The first-order valence-electron chi connectivity index (χ1n) is 8.45. The van der Waals surface area contributed by atoms with Crippen LogP contribution in [-0.2, 0) is 28.7 Å². The lowest BCUT2D eigenvalue weighted by molar-refractivity contribution is -0.155. The van der Waals surface area contributed by atoms with E-state index in [1.54, 1.807) is 0 Å². The largest absolute Gasteiger partial charge is 0.393 e. The van der Waals surface area contributed by atoms with E-state index in [-0.39, 0.29) is 36.5 Å². The maximum atomic E-state index is 11.7. The van der Waals surface area contributed by atoms with E-state index >= 15 is 0 Å². The molecule has 0 aromatic heterocycles. The van der Waals surface area contributed by atoms with E-state index in [0.29, 0.717) is 0 Å². The summed E-state index contributed by atoms with van der Waals surface area (Å²) in [7, 11) is 0. The molecule has 23 heavy (non-hydrogen) atoms. The Morgan fingerprint density at radius 1 is 0.826 bits per heavy atom. The van der Waals surface area contributed by atoms with Gasteiger partial charge in [0.05, 0.1) is 24.7 Å². The molecule has 2 aliphatic rings. The summed E-state index contributed by atoms with van der Waals surface area (Å²) in [5.41, 5.74) is 0. The number of hydrogen-bond acceptors (Lipinski definition) is 6. The van der Waals surface area contributed by atoms with Gasteiger partial charge in [0.1, 0.15) is 0 Å². The van der Waals surface area contributed by atoms with Gasteiger partial charge in [-0.1, -0.05) is 33.1 Å². The third kappa shape index (κ3) is 4.18. The zero-order chi connectivity index (χ0) is 17.0. The van der Waals surface area contributed by atoms with Crippen LogP contribution in [0.25, 0.3) is 0 Å². The minimum absolute atomic E-state index is 0.128. The first-order valence-corrected chi connectivity index (χ1v) is 8.45. The number of carbonyl (C=O) groups is 4. The van der Waals surface area contributed by atoms with Crippen LogP contribution in [0.5, 0.6) is 0 Å². The van der Waals surface area contributed by atoms with Gasteiger partial charge in [-0.25, -0.2) is 0 Å². The van der Waals surface area contributed by atoms with Gasteiger partial charge >= 0.3 is 23.9 Å². The van der Waals surface area contributed by atoms with Crippen molar-refractivity contribution in [2.45, 2.75) is 58.8 Å². The molecule has 4 atom stereocenters. The Morgan fingerprint density at radius 2 is 1.22 bits per heavy atom. The summed E-state index contributed by atoms with van der Waals surface area (Å²) in [6.45, 7) is 4.01. The summed E-state index contributed by atoms with van der Waals surface area (Å²) < 4.78 is 9.27. The molecule has 0 amide bonds. The maximum Gasteiger partial charge on any atom is 0.317 e. The van der Waals surface area contributed by atoms with Crippen molar-refractivity contribution < 1.29 is 28.7 Å². The van der Waals surface area contributed by atoms with E-state index in [0.717, 1.165) is 32.1 Å². The van der Waals surface area contributed by atoms with Crippen molar-refractivity contribution >= 4 is 23.9 Å². The monoisotopic (exact) mass is 324 g/mol. The van der Waals surface area contributed by atoms with Crippen LogP contribution in [0, 0.1) is 23.7 Å². The average Bonchev–Trinajstić information content (AvgIpc) is 3.01. The topological polar surface area (TPSA) is 86.7 Å². The number of cyclic esters (lactones) is 4. The van der Waals surface area contributed by atoms with E-state index in [1.807, 2.05) is 13.8 Å². The van der Waals surface area contributed by atoms with Crippen LogP contribution in [0.1, 0.15) is 58.8 Å². The molecule has 2 rings (SSSR count). The molecule has 0 aromatic carbocycles. The van der Waals surface area contributed by atoms with Crippen LogP contribution in [0.4, 0.5) is 0 Å². The molecule has 0 N–H and O–H groups in total. The quantitative estimate of drug-likeness (QED) is 0.503. The zero-order valence-corrected chi connectivity index (χ0v) is 13.7. The van der Waals surface area contributed by atoms with Crippen molar-refractivity contribution in [2.75, 3.05) is 0 Å². The van der Waals surface area contributed by atoms with Gasteiger partial charge in [-0.2, -0.15) is 0 Å². The molecule has 128 valence electrons. The van der Waals surface area contributed by atoms with Crippen LogP contribution >= 0.6 is 0 Å².